The molecule has 0 radical (unpaired) electrons. The van der Waals surface area contributed by atoms with Gasteiger partial charge in [0.15, 0.2) is 17.0 Å². The number of hydrogen-bond donors (Lipinski definition) is 2. The monoisotopic (exact) mass is 526 g/mol. The molecule has 2 aromatic heterocycles. The van der Waals surface area contributed by atoms with Gasteiger partial charge in [0.2, 0.25) is 5.95 Å². The summed E-state index contributed by atoms with van der Waals surface area (Å²) in [6, 6.07) is 17.9. The van der Waals surface area contributed by atoms with E-state index in [-0.39, 0.29) is 12.1 Å². The molecule has 2 saturated heterocycles. The fourth-order valence-electron chi connectivity index (χ4n) is 5.17. The van der Waals surface area contributed by atoms with Gasteiger partial charge >= 0.3 is 6.03 Å². The standard InChI is InChI=1S/C29H34N8O2/c1-21-7-5-8-22(17-21)19-37-20-31-25-26(30-18-24-11-6-16-39-24)33-28(34-27(25)37)35-12-14-36(15-13-35)29(38)32-23-9-3-2-4-10-23/h2-5,7-10,17,20,24H,6,11-16,18-19H2,1H3,(H,32,38)(H,30,33,34). The molecular formula is C29H34N8O2. The third kappa shape index (κ3) is 5.80. The maximum Gasteiger partial charge on any atom is 0.321 e. The molecule has 2 N–H and O–H groups in total. The van der Waals surface area contributed by atoms with E-state index in [9.17, 15) is 4.79 Å². The normalized spacial score (nSPS) is 17.5. The topological polar surface area (TPSA) is 100 Å². The number of hydrogen-bond acceptors (Lipinski definition) is 7. The van der Waals surface area contributed by atoms with Crippen molar-refractivity contribution in [3.8, 4) is 0 Å². The number of aryl methyl sites for hydroxylation is 1. The Balaban J connectivity index is 1.22. The van der Waals surface area contributed by atoms with Crippen LogP contribution >= 0.6 is 0 Å². The Morgan fingerprint density at radius 1 is 1.05 bits per heavy atom. The zero-order chi connectivity index (χ0) is 26.6. The van der Waals surface area contributed by atoms with E-state index in [2.05, 4.69) is 51.3 Å². The van der Waals surface area contributed by atoms with Crippen molar-refractivity contribution in [3.63, 3.8) is 0 Å². The van der Waals surface area contributed by atoms with Gasteiger partial charge in [-0.2, -0.15) is 9.97 Å². The van der Waals surface area contributed by atoms with Crippen molar-refractivity contribution >= 4 is 34.6 Å². The summed E-state index contributed by atoms with van der Waals surface area (Å²) in [5.41, 5.74) is 4.76. The largest absolute Gasteiger partial charge is 0.376 e. The molecule has 1 unspecified atom stereocenters. The molecule has 10 heteroatoms. The third-order valence-corrected chi connectivity index (χ3v) is 7.28. The molecule has 2 aliphatic heterocycles. The number of amides is 2. The Morgan fingerprint density at radius 3 is 2.67 bits per heavy atom. The number of aromatic nitrogens is 4. The van der Waals surface area contributed by atoms with Crippen LogP contribution in [0.25, 0.3) is 11.2 Å². The van der Waals surface area contributed by atoms with Crippen molar-refractivity contribution in [1.82, 2.24) is 24.4 Å². The maximum absolute atomic E-state index is 12.8. The number of urea groups is 1. The highest BCUT2D eigenvalue weighted by molar-refractivity contribution is 5.89. The number of benzene rings is 2. The second-order valence-corrected chi connectivity index (χ2v) is 10.2. The molecule has 0 spiro atoms. The lowest BCUT2D eigenvalue weighted by atomic mass is 10.1. The van der Waals surface area contributed by atoms with E-state index in [1.54, 1.807) is 0 Å². The molecule has 202 valence electrons. The Bertz CT molecular complexity index is 1430. The Hall–Kier alpha value is -4.18. The first-order valence-corrected chi connectivity index (χ1v) is 13.6. The number of carbonyl (C=O) groups is 1. The van der Waals surface area contributed by atoms with Crippen LogP contribution in [-0.2, 0) is 11.3 Å². The minimum atomic E-state index is -0.0904. The maximum atomic E-state index is 12.8. The van der Waals surface area contributed by atoms with Gasteiger partial charge in [0.1, 0.15) is 0 Å². The van der Waals surface area contributed by atoms with Crippen LogP contribution in [-0.4, -0.2) is 75.9 Å². The number of anilines is 3. The molecule has 6 rings (SSSR count). The van der Waals surface area contributed by atoms with E-state index in [4.69, 9.17) is 19.7 Å². The van der Waals surface area contributed by atoms with Crippen molar-refractivity contribution < 1.29 is 9.53 Å². The average Bonchev–Trinajstić information content (AvgIpc) is 3.63. The van der Waals surface area contributed by atoms with E-state index in [1.165, 1.54) is 11.1 Å². The number of rotatable bonds is 7. The van der Waals surface area contributed by atoms with Gasteiger partial charge in [-0.1, -0.05) is 48.0 Å². The average molecular weight is 527 g/mol. The number of nitrogens with zero attached hydrogens (tertiary/aromatic N) is 6. The summed E-state index contributed by atoms with van der Waals surface area (Å²) >= 11 is 0. The van der Waals surface area contributed by atoms with E-state index < -0.39 is 0 Å². The molecule has 0 aliphatic carbocycles. The predicted octanol–water partition coefficient (Wildman–Crippen LogP) is 4.13. The first-order chi connectivity index (χ1) is 19.1. The molecular weight excluding hydrogens is 492 g/mol. The molecule has 39 heavy (non-hydrogen) atoms. The van der Waals surface area contributed by atoms with E-state index in [0.717, 1.165) is 42.1 Å². The lowest BCUT2D eigenvalue weighted by Gasteiger charge is -2.34. The third-order valence-electron chi connectivity index (χ3n) is 7.28. The summed E-state index contributed by atoms with van der Waals surface area (Å²) in [6.45, 7) is 6.72. The first-order valence-electron chi connectivity index (χ1n) is 13.6. The molecule has 2 aliphatic rings. The zero-order valence-corrected chi connectivity index (χ0v) is 22.2. The van der Waals surface area contributed by atoms with E-state index in [0.29, 0.717) is 45.2 Å². The van der Waals surface area contributed by atoms with Crippen LogP contribution in [0.3, 0.4) is 0 Å². The van der Waals surface area contributed by atoms with Crippen molar-refractivity contribution in [2.45, 2.75) is 32.4 Å². The van der Waals surface area contributed by atoms with Gasteiger partial charge < -0.3 is 29.7 Å². The van der Waals surface area contributed by atoms with Crippen LogP contribution in [0.4, 0.5) is 22.2 Å². The quantitative estimate of drug-likeness (QED) is 0.374. The van der Waals surface area contributed by atoms with Crippen molar-refractivity contribution in [2.75, 3.05) is 54.9 Å². The minimum absolute atomic E-state index is 0.0904. The van der Waals surface area contributed by atoms with Gasteiger partial charge in [0, 0.05) is 45.0 Å². The van der Waals surface area contributed by atoms with Crippen LogP contribution < -0.4 is 15.5 Å². The van der Waals surface area contributed by atoms with E-state index >= 15 is 0 Å². The highest BCUT2D eigenvalue weighted by Crippen LogP contribution is 2.25. The fourth-order valence-corrected chi connectivity index (χ4v) is 5.17. The summed E-state index contributed by atoms with van der Waals surface area (Å²) in [5.74, 6) is 1.36. The lowest BCUT2D eigenvalue weighted by molar-refractivity contribution is 0.120. The number of ether oxygens (including phenoxy) is 1. The van der Waals surface area contributed by atoms with Crippen LogP contribution in [0, 0.1) is 6.92 Å². The molecule has 2 fully saturated rings. The van der Waals surface area contributed by atoms with E-state index in [1.807, 2.05) is 41.6 Å². The number of carbonyl (C=O) groups excluding carboxylic acids is 1. The molecule has 2 aromatic carbocycles. The predicted molar refractivity (Wildman–Crippen MR) is 152 cm³/mol. The lowest BCUT2D eigenvalue weighted by Crippen LogP contribution is -2.50. The van der Waals surface area contributed by atoms with Crippen LogP contribution in [0.5, 0.6) is 0 Å². The number of imidazole rings is 1. The molecule has 4 heterocycles. The summed E-state index contributed by atoms with van der Waals surface area (Å²) in [5, 5.41) is 6.47. The van der Waals surface area contributed by atoms with Gasteiger partial charge in [0.05, 0.1) is 19.0 Å². The molecule has 4 aromatic rings. The second kappa shape index (κ2) is 11.3. The minimum Gasteiger partial charge on any atom is -0.376 e. The summed E-state index contributed by atoms with van der Waals surface area (Å²) in [6.07, 6.45) is 4.15. The molecule has 0 saturated carbocycles. The van der Waals surface area contributed by atoms with Crippen molar-refractivity contribution in [3.05, 3.63) is 72.1 Å². The SMILES string of the molecule is Cc1cccc(Cn2cnc3c(NCC4CCCO4)nc(N4CCN(C(=O)Nc5ccccc5)CC4)nc32)c1. The highest BCUT2D eigenvalue weighted by atomic mass is 16.5. The summed E-state index contributed by atoms with van der Waals surface area (Å²) in [7, 11) is 0. The first kappa shape index (κ1) is 25.1. The Kier molecular flexibility index (Phi) is 7.27. The number of nitrogens with one attached hydrogen (secondary N) is 2. The summed E-state index contributed by atoms with van der Waals surface area (Å²) in [4.78, 5) is 31.4. The van der Waals surface area contributed by atoms with Gasteiger partial charge in [-0.05, 0) is 37.5 Å². The Labute approximate surface area is 228 Å². The summed E-state index contributed by atoms with van der Waals surface area (Å²) < 4.78 is 7.90. The molecule has 1 atom stereocenters. The van der Waals surface area contributed by atoms with Gasteiger partial charge in [-0.3, -0.25) is 0 Å². The number of fused-ring (bicyclic) bond motifs is 1. The van der Waals surface area contributed by atoms with Crippen LogP contribution in [0.2, 0.25) is 0 Å². The van der Waals surface area contributed by atoms with Crippen LogP contribution in [0.15, 0.2) is 60.9 Å². The van der Waals surface area contributed by atoms with Gasteiger partial charge in [0.25, 0.3) is 0 Å². The Morgan fingerprint density at radius 2 is 1.90 bits per heavy atom. The van der Waals surface area contributed by atoms with Gasteiger partial charge in [-0.25, -0.2) is 9.78 Å². The highest BCUT2D eigenvalue weighted by Gasteiger charge is 2.25. The van der Waals surface area contributed by atoms with Crippen molar-refractivity contribution in [1.29, 1.82) is 0 Å². The smallest absolute Gasteiger partial charge is 0.321 e. The molecule has 2 amide bonds. The molecule has 0 bridgehead atoms. The fraction of sp³-hybridized carbons (Fsp3) is 0.379. The zero-order valence-electron chi connectivity index (χ0n) is 22.2. The van der Waals surface area contributed by atoms with Crippen LogP contribution in [0.1, 0.15) is 24.0 Å². The molecule has 10 nitrogen and oxygen atoms in total. The number of para-hydroxylation sites is 1. The van der Waals surface area contributed by atoms with Crippen molar-refractivity contribution in [2.24, 2.45) is 0 Å². The van der Waals surface area contributed by atoms with Gasteiger partial charge in [-0.15, -0.1) is 0 Å². The second-order valence-electron chi connectivity index (χ2n) is 10.2. The number of piperazine rings is 1.